The van der Waals surface area contributed by atoms with Crippen LogP contribution in [0.3, 0.4) is 0 Å². The van der Waals surface area contributed by atoms with Gasteiger partial charge in [0.05, 0.1) is 11.5 Å². The highest BCUT2D eigenvalue weighted by molar-refractivity contribution is 7.91. The summed E-state index contributed by atoms with van der Waals surface area (Å²) in [4.78, 5) is 2.23. The molecule has 0 aromatic carbocycles. The molecule has 1 N–H and O–H groups in total. The molecule has 0 aromatic rings. The second-order valence-electron chi connectivity index (χ2n) is 5.47. The summed E-state index contributed by atoms with van der Waals surface area (Å²) in [6.07, 6.45) is 1.85. The molecule has 0 bridgehead atoms. The topological polar surface area (TPSA) is 49.4 Å². The second kappa shape index (κ2) is 6.16. The molecule has 1 saturated heterocycles. The van der Waals surface area contributed by atoms with Crippen molar-refractivity contribution in [2.45, 2.75) is 51.7 Å². The summed E-state index contributed by atoms with van der Waals surface area (Å²) < 4.78 is 22.9. The van der Waals surface area contributed by atoms with E-state index in [1.54, 1.807) is 0 Å². The lowest BCUT2D eigenvalue weighted by atomic mass is 10.1. The van der Waals surface area contributed by atoms with Crippen LogP contribution in [-0.4, -0.2) is 56.5 Å². The fraction of sp³-hybridized carbons (Fsp3) is 1.00. The smallest absolute Gasteiger partial charge is 0.151 e. The Morgan fingerprint density at radius 2 is 2.00 bits per heavy atom. The summed E-state index contributed by atoms with van der Waals surface area (Å²) in [5, 5.41) is 3.39. The highest BCUT2D eigenvalue weighted by Gasteiger charge is 2.32. The standard InChI is InChI=1S/C12H26N2O2S/c1-10(2)13-7-5-11(3)14(4)12-6-8-17(15,16)9-12/h10-13H,5-9H2,1-4H3. The summed E-state index contributed by atoms with van der Waals surface area (Å²) in [5.74, 6) is 0.699. The molecule has 0 saturated carbocycles. The largest absolute Gasteiger partial charge is 0.314 e. The first-order valence-electron chi connectivity index (χ1n) is 6.47. The van der Waals surface area contributed by atoms with Gasteiger partial charge in [-0.2, -0.15) is 0 Å². The molecule has 0 aliphatic carbocycles. The van der Waals surface area contributed by atoms with Gasteiger partial charge in [-0.25, -0.2) is 8.42 Å². The zero-order valence-electron chi connectivity index (χ0n) is 11.4. The van der Waals surface area contributed by atoms with Crippen molar-refractivity contribution in [1.29, 1.82) is 0 Å². The molecule has 1 aliphatic rings. The van der Waals surface area contributed by atoms with Gasteiger partial charge in [0.1, 0.15) is 0 Å². The normalized spacial score (nSPS) is 25.6. The summed E-state index contributed by atoms with van der Waals surface area (Å²) >= 11 is 0. The molecule has 0 radical (unpaired) electrons. The Kier molecular flexibility index (Phi) is 5.41. The van der Waals surface area contributed by atoms with Crippen molar-refractivity contribution in [3.05, 3.63) is 0 Å². The summed E-state index contributed by atoms with van der Waals surface area (Å²) in [5.41, 5.74) is 0. The van der Waals surface area contributed by atoms with E-state index in [4.69, 9.17) is 0 Å². The van der Waals surface area contributed by atoms with Crippen LogP contribution in [0.4, 0.5) is 0 Å². The van der Waals surface area contributed by atoms with Crippen molar-refractivity contribution in [1.82, 2.24) is 10.2 Å². The van der Waals surface area contributed by atoms with Crippen molar-refractivity contribution in [3.8, 4) is 0 Å². The molecular weight excluding hydrogens is 236 g/mol. The minimum atomic E-state index is -2.77. The predicted octanol–water partition coefficient (Wildman–Crippen LogP) is 0.882. The zero-order chi connectivity index (χ0) is 13.1. The Morgan fingerprint density at radius 1 is 1.35 bits per heavy atom. The van der Waals surface area contributed by atoms with E-state index in [1.165, 1.54) is 0 Å². The van der Waals surface area contributed by atoms with E-state index in [0.717, 1.165) is 19.4 Å². The Balaban J connectivity index is 2.34. The third-order valence-electron chi connectivity index (χ3n) is 3.59. The number of sulfone groups is 1. The van der Waals surface area contributed by atoms with E-state index < -0.39 is 9.84 Å². The van der Waals surface area contributed by atoms with Crippen LogP contribution in [0.2, 0.25) is 0 Å². The van der Waals surface area contributed by atoms with Crippen LogP contribution < -0.4 is 5.32 Å². The molecule has 1 rings (SSSR count). The van der Waals surface area contributed by atoms with Crippen LogP contribution >= 0.6 is 0 Å². The average Bonchev–Trinajstić information content (AvgIpc) is 2.57. The van der Waals surface area contributed by atoms with E-state index in [-0.39, 0.29) is 6.04 Å². The van der Waals surface area contributed by atoms with Crippen LogP contribution in [0.5, 0.6) is 0 Å². The Bertz CT molecular complexity index is 327. The molecule has 5 heteroatoms. The molecule has 1 aliphatic heterocycles. The quantitative estimate of drug-likeness (QED) is 0.772. The minimum absolute atomic E-state index is 0.217. The van der Waals surface area contributed by atoms with Crippen molar-refractivity contribution < 1.29 is 8.42 Å². The first-order chi connectivity index (χ1) is 7.82. The van der Waals surface area contributed by atoms with E-state index in [2.05, 4.69) is 31.0 Å². The van der Waals surface area contributed by atoms with Crippen molar-refractivity contribution in [3.63, 3.8) is 0 Å². The molecule has 1 fully saturated rings. The molecule has 2 atom stereocenters. The van der Waals surface area contributed by atoms with Crippen LogP contribution in [-0.2, 0) is 9.84 Å². The van der Waals surface area contributed by atoms with Gasteiger partial charge in [-0.05, 0) is 33.4 Å². The number of hydrogen-bond donors (Lipinski definition) is 1. The van der Waals surface area contributed by atoms with Gasteiger partial charge in [0.2, 0.25) is 0 Å². The molecule has 1 heterocycles. The van der Waals surface area contributed by atoms with Crippen LogP contribution in [0.15, 0.2) is 0 Å². The Morgan fingerprint density at radius 3 is 2.47 bits per heavy atom. The first kappa shape index (κ1) is 14.9. The maximum absolute atomic E-state index is 11.4. The van der Waals surface area contributed by atoms with Gasteiger partial charge in [0.15, 0.2) is 9.84 Å². The molecule has 4 nitrogen and oxygen atoms in total. The van der Waals surface area contributed by atoms with Crippen molar-refractivity contribution >= 4 is 9.84 Å². The zero-order valence-corrected chi connectivity index (χ0v) is 12.3. The molecule has 2 unspecified atom stereocenters. The van der Waals surface area contributed by atoms with Gasteiger partial charge in [-0.1, -0.05) is 13.8 Å². The predicted molar refractivity (Wildman–Crippen MR) is 72.0 cm³/mol. The summed E-state index contributed by atoms with van der Waals surface area (Å²) in [6.45, 7) is 7.44. The molecule has 17 heavy (non-hydrogen) atoms. The maximum atomic E-state index is 11.4. The number of rotatable bonds is 6. The average molecular weight is 262 g/mol. The van der Waals surface area contributed by atoms with Crippen molar-refractivity contribution in [2.24, 2.45) is 0 Å². The van der Waals surface area contributed by atoms with Crippen LogP contribution in [0, 0.1) is 0 Å². The number of nitrogens with zero attached hydrogens (tertiary/aromatic N) is 1. The summed E-state index contributed by atoms with van der Waals surface area (Å²) in [7, 11) is -0.718. The van der Waals surface area contributed by atoms with Gasteiger partial charge in [0, 0.05) is 18.1 Å². The third kappa shape index (κ3) is 4.94. The fourth-order valence-corrected chi connectivity index (χ4v) is 4.03. The molecule has 0 aromatic heterocycles. The van der Waals surface area contributed by atoms with Gasteiger partial charge in [0.25, 0.3) is 0 Å². The third-order valence-corrected chi connectivity index (χ3v) is 5.34. The lowest BCUT2D eigenvalue weighted by Crippen LogP contribution is -2.41. The lowest BCUT2D eigenvalue weighted by molar-refractivity contribution is 0.189. The van der Waals surface area contributed by atoms with Crippen molar-refractivity contribution in [2.75, 3.05) is 25.1 Å². The summed E-state index contributed by atoms with van der Waals surface area (Å²) in [6, 6.07) is 1.16. The van der Waals surface area contributed by atoms with Crippen LogP contribution in [0.25, 0.3) is 0 Å². The second-order valence-corrected chi connectivity index (χ2v) is 7.70. The minimum Gasteiger partial charge on any atom is -0.314 e. The monoisotopic (exact) mass is 262 g/mol. The van der Waals surface area contributed by atoms with E-state index in [0.29, 0.717) is 23.6 Å². The first-order valence-corrected chi connectivity index (χ1v) is 8.29. The van der Waals surface area contributed by atoms with E-state index in [9.17, 15) is 8.42 Å². The van der Waals surface area contributed by atoms with Crippen LogP contribution in [0.1, 0.15) is 33.6 Å². The Labute approximate surface area is 106 Å². The van der Waals surface area contributed by atoms with Gasteiger partial charge < -0.3 is 5.32 Å². The fourth-order valence-electron chi connectivity index (χ4n) is 2.24. The lowest BCUT2D eigenvalue weighted by Gasteiger charge is -2.30. The van der Waals surface area contributed by atoms with E-state index >= 15 is 0 Å². The van der Waals surface area contributed by atoms with Gasteiger partial charge >= 0.3 is 0 Å². The highest BCUT2D eigenvalue weighted by atomic mass is 32.2. The number of hydrogen-bond acceptors (Lipinski definition) is 4. The molecule has 0 spiro atoms. The van der Waals surface area contributed by atoms with Gasteiger partial charge in [-0.15, -0.1) is 0 Å². The van der Waals surface area contributed by atoms with Gasteiger partial charge in [-0.3, -0.25) is 4.90 Å². The molecule has 102 valence electrons. The Hall–Kier alpha value is -0.130. The highest BCUT2D eigenvalue weighted by Crippen LogP contribution is 2.19. The number of nitrogens with one attached hydrogen (secondary N) is 1. The molecular formula is C12H26N2O2S. The van der Waals surface area contributed by atoms with E-state index in [1.807, 2.05) is 7.05 Å². The molecule has 0 amide bonds. The maximum Gasteiger partial charge on any atom is 0.151 e. The SMILES string of the molecule is CC(C)NCCC(C)N(C)C1CCS(=O)(=O)C1.